The fraction of sp³-hybridized carbons (Fsp3) is 0.500. The zero-order valence-corrected chi connectivity index (χ0v) is 12.7. The molecule has 0 radical (unpaired) electrons. The van der Waals surface area contributed by atoms with Crippen molar-refractivity contribution in [3.63, 3.8) is 0 Å². The Morgan fingerprint density at radius 3 is 2.68 bits per heavy atom. The molecule has 1 aliphatic heterocycles. The molecule has 1 aromatic carbocycles. The van der Waals surface area contributed by atoms with Crippen LogP contribution in [-0.4, -0.2) is 46.7 Å². The number of carbonyl (C=O) groups excluding carboxylic acids is 1. The van der Waals surface area contributed by atoms with E-state index >= 15 is 0 Å². The van der Waals surface area contributed by atoms with Crippen LogP contribution in [0.3, 0.4) is 0 Å². The van der Waals surface area contributed by atoms with Crippen LogP contribution < -0.4 is 4.74 Å². The van der Waals surface area contributed by atoms with Crippen molar-refractivity contribution in [1.82, 2.24) is 4.90 Å². The third kappa shape index (κ3) is 3.55. The van der Waals surface area contributed by atoms with Crippen molar-refractivity contribution in [1.29, 1.82) is 0 Å². The highest BCUT2D eigenvalue weighted by Crippen LogP contribution is 2.27. The number of alkyl halides is 1. The highest BCUT2D eigenvalue weighted by Gasteiger charge is 2.46. The summed E-state index contributed by atoms with van der Waals surface area (Å²) in [5.41, 5.74) is -1.61. The van der Waals surface area contributed by atoms with E-state index in [4.69, 9.17) is 9.84 Å². The summed E-state index contributed by atoms with van der Waals surface area (Å²) in [7, 11) is 0. The molecular formula is C16H20FNO4. The predicted molar refractivity (Wildman–Crippen MR) is 78.6 cm³/mol. The van der Waals surface area contributed by atoms with Gasteiger partial charge in [0.25, 0.3) is 0 Å². The van der Waals surface area contributed by atoms with Crippen LogP contribution in [0.2, 0.25) is 0 Å². The van der Waals surface area contributed by atoms with Crippen LogP contribution in [0, 0.1) is 0 Å². The monoisotopic (exact) mass is 309 g/mol. The van der Waals surface area contributed by atoms with Crippen LogP contribution >= 0.6 is 0 Å². The zero-order valence-electron chi connectivity index (χ0n) is 12.7. The lowest BCUT2D eigenvalue weighted by Gasteiger charge is -2.19. The van der Waals surface area contributed by atoms with E-state index < -0.39 is 18.2 Å². The van der Waals surface area contributed by atoms with Crippen molar-refractivity contribution >= 4 is 11.9 Å². The number of nitrogens with zero attached hydrogens (tertiary/aromatic N) is 1. The third-order valence-electron chi connectivity index (χ3n) is 3.63. The first-order chi connectivity index (χ1) is 10.3. The number of likely N-dealkylation sites (tertiary alicyclic amines) is 1. The number of carboxylic acids is 1. The first-order valence-electron chi connectivity index (χ1n) is 7.26. The maximum absolute atomic E-state index is 14.0. The predicted octanol–water partition coefficient (Wildman–Crippen LogP) is 2.04. The van der Waals surface area contributed by atoms with Crippen molar-refractivity contribution < 1.29 is 23.8 Å². The molecule has 1 unspecified atom stereocenters. The maximum atomic E-state index is 14.0. The van der Waals surface area contributed by atoms with E-state index in [1.165, 1.54) is 4.90 Å². The normalized spacial score (nSPS) is 21.2. The molecule has 120 valence electrons. The second-order valence-electron chi connectivity index (χ2n) is 5.79. The molecule has 0 spiro atoms. The number of carboxylic acid groups (broad SMARTS) is 1. The van der Waals surface area contributed by atoms with Gasteiger partial charge in [0.1, 0.15) is 5.75 Å². The molecule has 22 heavy (non-hydrogen) atoms. The van der Waals surface area contributed by atoms with E-state index in [0.29, 0.717) is 11.3 Å². The smallest absolute Gasteiger partial charge is 0.343 e. The topological polar surface area (TPSA) is 66.8 Å². The van der Waals surface area contributed by atoms with Gasteiger partial charge in [-0.1, -0.05) is 18.2 Å². The highest BCUT2D eigenvalue weighted by atomic mass is 19.1. The van der Waals surface area contributed by atoms with Gasteiger partial charge in [-0.2, -0.15) is 0 Å². The fourth-order valence-electron chi connectivity index (χ4n) is 2.45. The second kappa shape index (κ2) is 6.34. The summed E-state index contributed by atoms with van der Waals surface area (Å²) in [6.45, 7) is 3.51. The van der Waals surface area contributed by atoms with E-state index in [1.54, 1.807) is 18.2 Å². The van der Waals surface area contributed by atoms with Crippen molar-refractivity contribution in [2.24, 2.45) is 0 Å². The van der Waals surface area contributed by atoms with Gasteiger partial charge >= 0.3 is 5.97 Å². The molecule has 1 atom stereocenters. The summed E-state index contributed by atoms with van der Waals surface area (Å²) in [5.74, 6) is -1.18. The summed E-state index contributed by atoms with van der Waals surface area (Å²) in [6, 6.07) is 7.18. The minimum absolute atomic E-state index is 0.0199. The minimum atomic E-state index is -2.33. The average molecular weight is 309 g/mol. The standard InChI is InChI=1S/C16H20FNO4/c1-11(2)22-13-6-4-3-5-12(13)9-14(19)18-8-7-16(17,10-18)15(20)21/h3-6,11H,7-10H2,1-2H3,(H,20,21). The molecule has 0 bridgehead atoms. The van der Waals surface area contributed by atoms with E-state index in [9.17, 15) is 14.0 Å². The SMILES string of the molecule is CC(C)Oc1ccccc1CC(=O)N1CCC(F)(C(=O)O)C1. The third-order valence-corrected chi connectivity index (χ3v) is 3.63. The number of carbonyl (C=O) groups is 2. The summed E-state index contributed by atoms with van der Waals surface area (Å²) in [5, 5.41) is 8.87. The number of hydrogen-bond donors (Lipinski definition) is 1. The Bertz CT molecular complexity index is 575. The molecule has 6 heteroatoms. The Kier molecular flexibility index (Phi) is 4.68. The van der Waals surface area contributed by atoms with Crippen LogP contribution in [0.25, 0.3) is 0 Å². The summed E-state index contributed by atoms with van der Waals surface area (Å²) >= 11 is 0. The number of halogens is 1. The Morgan fingerprint density at radius 2 is 2.09 bits per heavy atom. The van der Waals surface area contributed by atoms with Gasteiger partial charge in [-0.15, -0.1) is 0 Å². The van der Waals surface area contributed by atoms with Crippen LogP contribution in [0.1, 0.15) is 25.8 Å². The summed E-state index contributed by atoms with van der Waals surface area (Å²) in [6.07, 6.45) is -0.120. The molecule has 1 saturated heterocycles. The van der Waals surface area contributed by atoms with Gasteiger partial charge in [0.2, 0.25) is 11.6 Å². The van der Waals surface area contributed by atoms with Crippen LogP contribution in [0.5, 0.6) is 5.75 Å². The highest BCUT2D eigenvalue weighted by molar-refractivity contribution is 5.83. The quantitative estimate of drug-likeness (QED) is 0.904. The Balaban J connectivity index is 2.06. The van der Waals surface area contributed by atoms with E-state index in [2.05, 4.69) is 0 Å². The summed E-state index contributed by atoms with van der Waals surface area (Å²) in [4.78, 5) is 24.4. The molecule has 1 aliphatic rings. The number of benzene rings is 1. The van der Waals surface area contributed by atoms with E-state index in [-0.39, 0.29) is 31.4 Å². The molecule has 1 fully saturated rings. The van der Waals surface area contributed by atoms with Crippen molar-refractivity contribution in [2.45, 2.75) is 38.5 Å². The fourth-order valence-corrected chi connectivity index (χ4v) is 2.45. The number of amides is 1. The van der Waals surface area contributed by atoms with Gasteiger partial charge in [-0.25, -0.2) is 9.18 Å². The molecular weight excluding hydrogens is 289 g/mol. The molecule has 2 rings (SSSR count). The van der Waals surface area contributed by atoms with E-state index in [1.807, 2.05) is 19.9 Å². The molecule has 1 heterocycles. The Morgan fingerprint density at radius 1 is 1.41 bits per heavy atom. The largest absolute Gasteiger partial charge is 0.491 e. The van der Waals surface area contributed by atoms with Gasteiger partial charge in [0, 0.05) is 18.5 Å². The minimum Gasteiger partial charge on any atom is -0.491 e. The van der Waals surface area contributed by atoms with Crippen LogP contribution in [0.4, 0.5) is 4.39 Å². The Labute approximate surface area is 128 Å². The average Bonchev–Trinajstić information content (AvgIpc) is 2.85. The number of ether oxygens (including phenoxy) is 1. The number of rotatable bonds is 5. The Hall–Kier alpha value is -2.11. The van der Waals surface area contributed by atoms with Gasteiger partial charge in [0.05, 0.1) is 19.1 Å². The zero-order chi connectivity index (χ0) is 16.3. The molecule has 1 N–H and O–H groups in total. The van der Waals surface area contributed by atoms with Gasteiger partial charge in [0.15, 0.2) is 0 Å². The first kappa shape index (κ1) is 16.3. The lowest BCUT2D eigenvalue weighted by molar-refractivity contribution is -0.150. The summed E-state index contributed by atoms with van der Waals surface area (Å²) < 4.78 is 19.7. The number of hydrogen-bond acceptors (Lipinski definition) is 3. The molecule has 1 amide bonds. The second-order valence-corrected chi connectivity index (χ2v) is 5.79. The van der Waals surface area contributed by atoms with E-state index in [0.717, 1.165) is 0 Å². The van der Waals surface area contributed by atoms with Gasteiger partial charge in [-0.05, 0) is 19.9 Å². The number of para-hydroxylation sites is 1. The molecule has 0 aliphatic carbocycles. The van der Waals surface area contributed by atoms with Gasteiger partial charge in [-0.3, -0.25) is 4.79 Å². The lowest BCUT2D eigenvalue weighted by atomic mass is 10.1. The van der Waals surface area contributed by atoms with Crippen molar-refractivity contribution in [3.8, 4) is 5.75 Å². The van der Waals surface area contributed by atoms with Crippen molar-refractivity contribution in [2.75, 3.05) is 13.1 Å². The first-order valence-corrected chi connectivity index (χ1v) is 7.26. The van der Waals surface area contributed by atoms with Crippen molar-refractivity contribution in [3.05, 3.63) is 29.8 Å². The molecule has 0 aromatic heterocycles. The maximum Gasteiger partial charge on any atom is 0.343 e. The number of aliphatic carboxylic acids is 1. The molecule has 0 saturated carbocycles. The molecule has 5 nitrogen and oxygen atoms in total. The molecule has 1 aromatic rings. The van der Waals surface area contributed by atoms with Gasteiger partial charge < -0.3 is 14.7 Å². The van der Waals surface area contributed by atoms with Crippen LogP contribution in [0.15, 0.2) is 24.3 Å². The van der Waals surface area contributed by atoms with Crippen LogP contribution in [-0.2, 0) is 16.0 Å². The lowest BCUT2D eigenvalue weighted by Crippen LogP contribution is -2.39.